The van der Waals surface area contributed by atoms with Crippen molar-refractivity contribution in [3.8, 4) is 0 Å². The van der Waals surface area contributed by atoms with E-state index in [1.165, 1.54) is 0 Å². The zero-order valence-corrected chi connectivity index (χ0v) is 18.5. The van der Waals surface area contributed by atoms with Crippen LogP contribution in [0, 0.1) is 11.8 Å². The Morgan fingerprint density at radius 2 is 1.94 bits per heavy atom. The lowest BCUT2D eigenvalue weighted by Gasteiger charge is -2.43. The summed E-state index contributed by atoms with van der Waals surface area (Å²) in [5.74, 6) is 1.20. The number of anilines is 2. The maximum absolute atomic E-state index is 12.6. The van der Waals surface area contributed by atoms with Crippen molar-refractivity contribution in [1.82, 2.24) is 14.5 Å². The quantitative estimate of drug-likeness (QED) is 0.794. The summed E-state index contributed by atoms with van der Waals surface area (Å²) in [6, 6.07) is 9.47. The molecule has 168 valence electrons. The molecule has 0 unspecified atom stereocenters. The van der Waals surface area contributed by atoms with Crippen LogP contribution in [0.2, 0.25) is 0 Å². The van der Waals surface area contributed by atoms with Crippen LogP contribution in [0.1, 0.15) is 38.3 Å². The number of piperidine rings is 1. The fraction of sp³-hybridized carbons (Fsp3) is 0.500. The number of carbonyl (C=O) groups excluding carboxylic acids is 2. The maximum Gasteiger partial charge on any atom is 0.250 e. The number of carbonyl (C=O) groups is 2. The van der Waals surface area contributed by atoms with Gasteiger partial charge in [0.15, 0.2) is 0 Å². The van der Waals surface area contributed by atoms with Gasteiger partial charge in [-0.2, -0.15) is 0 Å². The van der Waals surface area contributed by atoms with E-state index in [2.05, 4.69) is 21.3 Å². The van der Waals surface area contributed by atoms with Crippen LogP contribution < -0.4 is 15.8 Å². The Balaban J connectivity index is 1.24. The van der Waals surface area contributed by atoms with Crippen LogP contribution in [0.3, 0.4) is 0 Å². The standard InChI is InChI=1S/C24H29N5O3/c1-15(2)28-14-18(9-23(28)31)24(32)26-19-6-7-21(25-10-19)27-11-16-8-17(13-27)20-4-3-5-22(30)29(20)12-16/h3-7,10,15-18H,8-9,11-14H2,1-2H3,(H,26,32)/t16-,17-,18+/m0/s1. The summed E-state index contributed by atoms with van der Waals surface area (Å²) in [6.07, 6.45) is 3.05. The molecule has 0 saturated carbocycles. The van der Waals surface area contributed by atoms with Gasteiger partial charge < -0.3 is 19.7 Å². The molecule has 8 nitrogen and oxygen atoms in total. The molecule has 0 spiro atoms. The Morgan fingerprint density at radius 3 is 2.66 bits per heavy atom. The molecular formula is C24H29N5O3. The molecule has 0 aromatic carbocycles. The number of amides is 2. The summed E-state index contributed by atoms with van der Waals surface area (Å²) in [6.45, 7) is 6.84. The second-order valence-corrected chi connectivity index (χ2v) is 9.54. The lowest BCUT2D eigenvalue weighted by atomic mass is 9.83. The fourth-order valence-electron chi connectivity index (χ4n) is 5.38. The van der Waals surface area contributed by atoms with E-state index in [1.54, 1.807) is 17.2 Å². The lowest BCUT2D eigenvalue weighted by molar-refractivity contribution is -0.129. The molecule has 2 bridgehead atoms. The molecular weight excluding hydrogens is 406 g/mol. The third kappa shape index (κ3) is 3.78. The summed E-state index contributed by atoms with van der Waals surface area (Å²) < 4.78 is 1.93. The summed E-state index contributed by atoms with van der Waals surface area (Å²) in [7, 11) is 0. The first-order valence-corrected chi connectivity index (χ1v) is 11.4. The third-order valence-electron chi connectivity index (χ3n) is 6.97. The highest BCUT2D eigenvalue weighted by Gasteiger charge is 2.36. The second kappa shape index (κ2) is 8.07. The number of rotatable bonds is 4. The average molecular weight is 436 g/mol. The molecule has 2 amide bonds. The first-order chi connectivity index (χ1) is 15.4. The van der Waals surface area contributed by atoms with Crippen LogP contribution in [0.15, 0.2) is 41.3 Å². The minimum atomic E-state index is -0.325. The van der Waals surface area contributed by atoms with E-state index in [0.29, 0.717) is 24.1 Å². The van der Waals surface area contributed by atoms with Crippen molar-refractivity contribution in [2.75, 3.05) is 29.9 Å². The van der Waals surface area contributed by atoms with Crippen molar-refractivity contribution in [2.24, 2.45) is 11.8 Å². The highest BCUT2D eigenvalue weighted by Crippen LogP contribution is 2.36. The van der Waals surface area contributed by atoms with Gasteiger partial charge >= 0.3 is 0 Å². The van der Waals surface area contributed by atoms with E-state index in [-0.39, 0.29) is 35.8 Å². The van der Waals surface area contributed by atoms with Gasteiger partial charge in [0.25, 0.3) is 5.56 Å². The smallest absolute Gasteiger partial charge is 0.250 e. The number of fused-ring (bicyclic) bond motifs is 4. The monoisotopic (exact) mass is 435 g/mol. The van der Waals surface area contributed by atoms with E-state index in [9.17, 15) is 14.4 Å². The van der Waals surface area contributed by atoms with Gasteiger partial charge in [-0.1, -0.05) is 6.07 Å². The SMILES string of the molecule is CC(C)N1C[C@H](C(=O)Nc2ccc(N3C[C@@H]4C[C@@H](C3)c3cccc(=O)n3C4)nc2)CC1=O. The first-order valence-electron chi connectivity index (χ1n) is 11.4. The third-order valence-corrected chi connectivity index (χ3v) is 6.97. The number of likely N-dealkylation sites (tertiary alicyclic amines) is 1. The lowest BCUT2D eigenvalue weighted by Crippen LogP contribution is -2.47. The van der Waals surface area contributed by atoms with Gasteiger partial charge in [-0.15, -0.1) is 0 Å². The second-order valence-electron chi connectivity index (χ2n) is 9.54. The van der Waals surface area contributed by atoms with Gasteiger partial charge in [0.05, 0.1) is 17.8 Å². The molecule has 0 radical (unpaired) electrons. The van der Waals surface area contributed by atoms with Crippen LogP contribution in [-0.2, 0) is 16.1 Å². The molecule has 3 atom stereocenters. The minimum absolute atomic E-state index is 0.0353. The van der Waals surface area contributed by atoms with Gasteiger partial charge in [0.2, 0.25) is 11.8 Å². The van der Waals surface area contributed by atoms with Crippen LogP contribution in [0.4, 0.5) is 11.5 Å². The molecule has 2 saturated heterocycles. The Kier molecular flexibility index (Phi) is 5.23. The Morgan fingerprint density at radius 1 is 1.09 bits per heavy atom. The molecule has 5 rings (SSSR count). The Bertz CT molecular complexity index is 1090. The zero-order chi connectivity index (χ0) is 22.4. The summed E-state index contributed by atoms with van der Waals surface area (Å²) in [5.41, 5.74) is 1.84. The number of hydrogen-bond acceptors (Lipinski definition) is 5. The van der Waals surface area contributed by atoms with Crippen LogP contribution in [0.5, 0.6) is 0 Å². The molecule has 2 aromatic rings. The topological polar surface area (TPSA) is 87.5 Å². The van der Waals surface area contributed by atoms with Crippen molar-refractivity contribution < 1.29 is 9.59 Å². The summed E-state index contributed by atoms with van der Waals surface area (Å²) in [5, 5.41) is 2.92. The van der Waals surface area contributed by atoms with Gasteiger partial charge in [-0.3, -0.25) is 14.4 Å². The molecule has 32 heavy (non-hydrogen) atoms. The maximum atomic E-state index is 12.6. The molecule has 3 aliphatic rings. The van der Waals surface area contributed by atoms with Crippen molar-refractivity contribution >= 4 is 23.3 Å². The Hall–Kier alpha value is -3.16. The summed E-state index contributed by atoms with van der Waals surface area (Å²) >= 11 is 0. The molecule has 3 aliphatic heterocycles. The highest BCUT2D eigenvalue weighted by atomic mass is 16.2. The van der Waals surface area contributed by atoms with Gasteiger partial charge in [-0.05, 0) is 44.4 Å². The van der Waals surface area contributed by atoms with E-state index in [4.69, 9.17) is 0 Å². The molecule has 2 aromatic heterocycles. The highest BCUT2D eigenvalue weighted by molar-refractivity contribution is 5.97. The molecule has 8 heteroatoms. The van der Waals surface area contributed by atoms with Crippen LogP contribution in [0.25, 0.3) is 0 Å². The zero-order valence-electron chi connectivity index (χ0n) is 18.5. The number of pyridine rings is 2. The van der Waals surface area contributed by atoms with Gasteiger partial charge in [0.1, 0.15) is 5.82 Å². The molecule has 2 fully saturated rings. The molecule has 0 aliphatic carbocycles. The van der Waals surface area contributed by atoms with Crippen molar-refractivity contribution in [3.05, 3.63) is 52.6 Å². The van der Waals surface area contributed by atoms with E-state index < -0.39 is 0 Å². The number of hydrogen-bond donors (Lipinski definition) is 1. The normalized spacial score (nSPS) is 24.6. The first kappa shape index (κ1) is 20.7. The molecule has 5 heterocycles. The number of nitrogens with zero attached hydrogens (tertiary/aromatic N) is 4. The van der Waals surface area contributed by atoms with Gasteiger partial charge in [0, 0.05) is 56.3 Å². The number of aromatic nitrogens is 2. The van der Waals surface area contributed by atoms with E-state index in [1.807, 2.05) is 36.6 Å². The van der Waals surface area contributed by atoms with Crippen molar-refractivity contribution in [2.45, 2.75) is 45.2 Å². The summed E-state index contributed by atoms with van der Waals surface area (Å²) in [4.78, 5) is 45.6. The van der Waals surface area contributed by atoms with Crippen molar-refractivity contribution in [3.63, 3.8) is 0 Å². The average Bonchev–Trinajstić information content (AvgIpc) is 3.17. The van der Waals surface area contributed by atoms with E-state index >= 15 is 0 Å². The van der Waals surface area contributed by atoms with E-state index in [0.717, 1.165) is 37.6 Å². The predicted octanol–water partition coefficient (Wildman–Crippen LogP) is 2.06. The van der Waals surface area contributed by atoms with Crippen molar-refractivity contribution in [1.29, 1.82) is 0 Å². The molecule has 1 N–H and O–H groups in total. The van der Waals surface area contributed by atoms with Crippen LogP contribution in [-0.4, -0.2) is 51.9 Å². The Labute approximate surface area is 187 Å². The minimum Gasteiger partial charge on any atom is -0.356 e. The largest absolute Gasteiger partial charge is 0.356 e. The van der Waals surface area contributed by atoms with Gasteiger partial charge in [-0.25, -0.2) is 4.98 Å². The number of nitrogens with one attached hydrogen (secondary N) is 1. The van der Waals surface area contributed by atoms with Crippen LogP contribution >= 0.6 is 0 Å². The fourth-order valence-corrected chi connectivity index (χ4v) is 5.38. The predicted molar refractivity (Wildman–Crippen MR) is 122 cm³/mol.